The molecule has 1 aliphatic rings. The van der Waals surface area contributed by atoms with E-state index in [1.54, 1.807) is 0 Å². The number of amides is 1. The van der Waals surface area contributed by atoms with Crippen molar-refractivity contribution in [2.24, 2.45) is 5.92 Å². The fourth-order valence-electron chi connectivity index (χ4n) is 2.41. The van der Waals surface area contributed by atoms with Crippen LogP contribution in [-0.2, 0) is 11.3 Å². The summed E-state index contributed by atoms with van der Waals surface area (Å²) in [6.45, 7) is 0.591. The molecule has 3 nitrogen and oxygen atoms in total. The third-order valence-electron chi connectivity index (χ3n) is 3.59. The summed E-state index contributed by atoms with van der Waals surface area (Å²) in [7, 11) is 0. The van der Waals surface area contributed by atoms with E-state index < -0.39 is 0 Å². The van der Waals surface area contributed by atoms with Gasteiger partial charge in [-0.25, -0.2) is 4.98 Å². The lowest BCUT2D eigenvalue weighted by Crippen LogP contribution is -2.25. The number of benzene rings is 1. The van der Waals surface area contributed by atoms with Crippen molar-refractivity contribution in [3.05, 3.63) is 66.0 Å². The van der Waals surface area contributed by atoms with Crippen molar-refractivity contribution < 1.29 is 9.78 Å². The third-order valence-corrected chi connectivity index (χ3v) is 3.59. The Hall–Kier alpha value is -2.16. The molecule has 0 radical (unpaired) electrons. The number of hydrogen-bond donors (Lipinski definition) is 1. The van der Waals surface area contributed by atoms with E-state index in [1.807, 2.05) is 42.7 Å². The van der Waals surface area contributed by atoms with Crippen molar-refractivity contribution in [3.63, 3.8) is 0 Å². The maximum absolute atomic E-state index is 12.0. The van der Waals surface area contributed by atoms with Crippen LogP contribution in [0.15, 0.2) is 54.9 Å². The number of rotatable bonds is 4. The first-order chi connectivity index (χ1) is 9.34. The van der Waals surface area contributed by atoms with Crippen LogP contribution in [0, 0.1) is 5.92 Å². The lowest BCUT2D eigenvalue weighted by molar-refractivity contribution is -0.378. The average Bonchev–Trinajstić information content (AvgIpc) is 3.27. The van der Waals surface area contributed by atoms with Crippen molar-refractivity contribution >= 4 is 5.91 Å². The largest absolute Gasteiger partial charge is 0.352 e. The van der Waals surface area contributed by atoms with Gasteiger partial charge >= 0.3 is 0 Å². The molecule has 3 rings (SSSR count). The van der Waals surface area contributed by atoms with E-state index in [-0.39, 0.29) is 11.8 Å². The molecule has 1 fully saturated rings. The maximum atomic E-state index is 12.0. The quantitative estimate of drug-likeness (QED) is 0.888. The fourth-order valence-corrected chi connectivity index (χ4v) is 2.41. The maximum Gasteiger partial charge on any atom is 0.224 e. The fraction of sp³-hybridized carbons (Fsp3) is 0.250. The van der Waals surface area contributed by atoms with Crippen LogP contribution in [0.4, 0.5) is 0 Å². The number of aromatic nitrogens is 1. The van der Waals surface area contributed by atoms with Gasteiger partial charge in [0.15, 0.2) is 12.4 Å². The molecule has 0 aliphatic heterocycles. The SMILES string of the molecule is O=C(NCc1ccc[nH+]c1)C1CC1c1ccccc1. The smallest absolute Gasteiger partial charge is 0.224 e. The van der Waals surface area contributed by atoms with E-state index in [0.29, 0.717) is 12.5 Å². The van der Waals surface area contributed by atoms with Crippen molar-refractivity contribution in [3.8, 4) is 0 Å². The summed E-state index contributed by atoms with van der Waals surface area (Å²) in [6, 6.07) is 14.2. The van der Waals surface area contributed by atoms with Gasteiger partial charge < -0.3 is 5.32 Å². The predicted octanol–water partition coefficient (Wildman–Crippen LogP) is 1.92. The van der Waals surface area contributed by atoms with Crippen LogP contribution < -0.4 is 10.3 Å². The molecule has 1 saturated carbocycles. The highest BCUT2D eigenvalue weighted by atomic mass is 16.2. The molecule has 1 amide bonds. The second-order valence-electron chi connectivity index (χ2n) is 4.99. The second kappa shape index (κ2) is 5.22. The monoisotopic (exact) mass is 253 g/mol. The summed E-state index contributed by atoms with van der Waals surface area (Å²) in [6.07, 6.45) is 4.73. The minimum Gasteiger partial charge on any atom is -0.352 e. The highest BCUT2D eigenvalue weighted by molar-refractivity contribution is 5.82. The Morgan fingerprint density at radius 3 is 2.79 bits per heavy atom. The average molecular weight is 253 g/mol. The Labute approximate surface area is 112 Å². The lowest BCUT2D eigenvalue weighted by Gasteiger charge is -2.03. The zero-order valence-corrected chi connectivity index (χ0v) is 10.7. The molecule has 1 heterocycles. The molecule has 0 bridgehead atoms. The van der Waals surface area contributed by atoms with Gasteiger partial charge in [-0.05, 0) is 24.0 Å². The molecule has 2 N–H and O–H groups in total. The molecule has 19 heavy (non-hydrogen) atoms. The first-order valence-electron chi connectivity index (χ1n) is 6.62. The Balaban J connectivity index is 1.53. The first kappa shape index (κ1) is 11.9. The van der Waals surface area contributed by atoms with Gasteiger partial charge in [-0.15, -0.1) is 0 Å². The van der Waals surface area contributed by atoms with E-state index in [1.165, 1.54) is 5.56 Å². The zero-order chi connectivity index (χ0) is 13.1. The number of carbonyl (C=O) groups excluding carboxylic acids is 1. The topological polar surface area (TPSA) is 43.2 Å². The van der Waals surface area contributed by atoms with Crippen LogP contribution in [0.2, 0.25) is 0 Å². The Morgan fingerprint density at radius 2 is 2.05 bits per heavy atom. The van der Waals surface area contributed by atoms with Crippen molar-refractivity contribution in [1.82, 2.24) is 5.32 Å². The minimum absolute atomic E-state index is 0.148. The molecule has 3 heteroatoms. The van der Waals surface area contributed by atoms with Crippen LogP contribution in [0.1, 0.15) is 23.5 Å². The standard InChI is InChI=1S/C16H16N2O/c19-16(18-11-12-5-4-8-17-10-12)15-9-14(15)13-6-2-1-3-7-13/h1-8,10,14-15H,9,11H2,(H,18,19)/p+1. The summed E-state index contributed by atoms with van der Waals surface area (Å²) in [5, 5.41) is 3.00. The minimum atomic E-state index is 0.148. The molecule has 0 spiro atoms. The molecule has 2 aromatic rings. The van der Waals surface area contributed by atoms with Crippen LogP contribution in [-0.4, -0.2) is 5.91 Å². The van der Waals surface area contributed by atoms with Crippen molar-refractivity contribution in [2.75, 3.05) is 0 Å². The Bertz CT molecular complexity index is 553. The van der Waals surface area contributed by atoms with Gasteiger partial charge in [0.05, 0.1) is 0 Å². The molecule has 1 aromatic heterocycles. The third kappa shape index (κ3) is 2.81. The normalized spacial score (nSPS) is 20.8. The molecular weight excluding hydrogens is 236 g/mol. The summed E-state index contributed by atoms with van der Waals surface area (Å²) >= 11 is 0. The first-order valence-corrected chi connectivity index (χ1v) is 6.62. The highest BCUT2D eigenvalue weighted by Gasteiger charge is 2.43. The van der Waals surface area contributed by atoms with E-state index in [4.69, 9.17) is 0 Å². The van der Waals surface area contributed by atoms with E-state index in [9.17, 15) is 4.79 Å². The number of H-pyrrole nitrogens is 1. The molecule has 1 aromatic carbocycles. The van der Waals surface area contributed by atoms with Crippen LogP contribution >= 0.6 is 0 Å². The number of nitrogens with one attached hydrogen (secondary N) is 2. The molecular formula is C16H17N2O+. The van der Waals surface area contributed by atoms with Crippen LogP contribution in [0.5, 0.6) is 0 Å². The Morgan fingerprint density at radius 1 is 1.21 bits per heavy atom. The van der Waals surface area contributed by atoms with Gasteiger partial charge in [0.25, 0.3) is 0 Å². The van der Waals surface area contributed by atoms with Gasteiger partial charge in [0.2, 0.25) is 5.91 Å². The van der Waals surface area contributed by atoms with E-state index in [0.717, 1.165) is 12.0 Å². The van der Waals surface area contributed by atoms with E-state index in [2.05, 4.69) is 22.4 Å². The summed E-state index contributed by atoms with van der Waals surface area (Å²) in [5.74, 6) is 0.719. The van der Waals surface area contributed by atoms with Gasteiger partial charge in [0.1, 0.15) is 0 Å². The number of aromatic amines is 1. The molecule has 2 unspecified atom stereocenters. The van der Waals surface area contributed by atoms with Crippen molar-refractivity contribution in [2.45, 2.75) is 18.9 Å². The summed E-state index contributed by atoms with van der Waals surface area (Å²) < 4.78 is 0. The summed E-state index contributed by atoms with van der Waals surface area (Å²) in [4.78, 5) is 15.1. The van der Waals surface area contributed by atoms with Crippen LogP contribution in [0.3, 0.4) is 0 Å². The second-order valence-corrected chi connectivity index (χ2v) is 4.99. The van der Waals surface area contributed by atoms with Gasteiger partial charge in [0, 0.05) is 24.1 Å². The lowest BCUT2D eigenvalue weighted by atomic mass is 10.1. The molecule has 2 atom stereocenters. The van der Waals surface area contributed by atoms with E-state index >= 15 is 0 Å². The number of carbonyl (C=O) groups is 1. The molecule has 0 saturated heterocycles. The zero-order valence-electron chi connectivity index (χ0n) is 10.7. The molecule has 1 aliphatic carbocycles. The number of pyridine rings is 1. The van der Waals surface area contributed by atoms with Crippen molar-refractivity contribution in [1.29, 1.82) is 0 Å². The van der Waals surface area contributed by atoms with Gasteiger partial charge in [-0.1, -0.05) is 30.3 Å². The predicted molar refractivity (Wildman–Crippen MR) is 72.1 cm³/mol. The summed E-state index contributed by atoms with van der Waals surface area (Å²) in [5.41, 5.74) is 2.36. The number of hydrogen-bond acceptors (Lipinski definition) is 1. The van der Waals surface area contributed by atoms with Gasteiger partial charge in [-0.3, -0.25) is 4.79 Å². The van der Waals surface area contributed by atoms with Gasteiger partial charge in [-0.2, -0.15) is 0 Å². The highest BCUT2D eigenvalue weighted by Crippen LogP contribution is 2.47. The molecule has 96 valence electrons. The van der Waals surface area contributed by atoms with Crippen LogP contribution in [0.25, 0.3) is 0 Å². The Kier molecular flexibility index (Phi) is 3.27.